The molecule has 0 fully saturated rings. The van der Waals surface area contributed by atoms with Gasteiger partial charge in [0.2, 0.25) is 0 Å². The van der Waals surface area contributed by atoms with Crippen LogP contribution in [0.15, 0.2) is 76.5 Å². The Kier molecular flexibility index (Phi) is 12.6. The third-order valence-corrected chi connectivity index (χ3v) is 5.02. The molecule has 0 N–H and O–H groups in total. The number of benzene rings is 2. The van der Waals surface area contributed by atoms with E-state index in [-0.39, 0.29) is 48.7 Å². The van der Waals surface area contributed by atoms with Crippen molar-refractivity contribution in [2.45, 2.75) is 31.8 Å². The van der Waals surface area contributed by atoms with Crippen molar-refractivity contribution in [1.82, 2.24) is 15.0 Å². The van der Waals surface area contributed by atoms with Gasteiger partial charge in [0.25, 0.3) is 0 Å². The van der Waals surface area contributed by atoms with Crippen molar-refractivity contribution in [2.24, 2.45) is 15.9 Å². The van der Waals surface area contributed by atoms with Crippen molar-refractivity contribution in [3.63, 3.8) is 0 Å². The Labute approximate surface area is 204 Å². The Hall–Kier alpha value is -2.36. The summed E-state index contributed by atoms with van der Waals surface area (Å²) >= 11 is 0. The monoisotopic (exact) mass is 435 g/mol. The molecule has 2 atom stereocenters. The van der Waals surface area contributed by atoms with Gasteiger partial charge >= 0.3 is 29.6 Å². The van der Waals surface area contributed by atoms with Gasteiger partial charge in [-0.15, -0.1) is 14.7 Å². The first-order valence-electron chi connectivity index (χ1n) is 9.93. The SMILES string of the molecule is CCN(N=O)[C@@H](Cc1ccccc1)CN(N=O)[C@@H](Cc1ccccc1)CN(C)N=O.[Na+]. The summed E-state index contributed by atoms with van der Waals surface area (Å²) in [5.74, 6) is 0. The summed E-state index contributed by atoms with van der Waals surface area (Å²) in [7, 11) is 1.56. The van der Waals surface area contributed by atoms with E-state index in [0.29, 0.717) is 19.4 Å². The number of rotatable bonds is 14. The summed E-state index contributed by atoms with van der Waals surface area (Å²) in [5.41, 5.74) is 2.04. The number of likely N-dealkylation sites (N-methyl/N-ethyl adjacent to an activating group) is 2. The van der Waals surface area contributed by atoms with Gasteiger partial charge in [-0.25, -0.2) is 0 Å². The maximum Gasteiger partial charge on any atom is 1.00 e. The first-order valence-corrected chi connectivity index (χ1v) is 9.93. The second-order valence-electron chi connectivity index (χ2n) is 7.15. The normalized spacial score (nSPS) is 12.1. The van der Waals surface area contributed by atoms with Crippen LogP contribution in [0.25, 0.3) is 0 Å². The Morgan fingerprint density at radius 2 is 1.16 bits per heavy atom. The van der Waals surface area contributed by atoms with Crippen molar-refractivity contribution >= 4 is 0 Å². The molecule has 31 heavy (non-hydrogen) atoms. The van der Waals surface area contributed by atoms with Gasteiger partial charge in [0, 0.05) is 13.6 Å². The third kappa shape index (κ3) is 8.72. The summed E-state index contributed by atoms with van der Waals surface area (Å²) in [4.78, 5) is 34.2. The van der Waals surface area contributed by atoms with Crippen molar-refractivity contribution in [1.29, 1.82) is 0 Å². The maximum atomic E-state index is 11.8. The number of hydrogen-bond donors (Lipinski definition) is 0. The van der Waals surface area contributed by atoms with E-state index in [1.807, 2.05) is 67.6 Å². The van der Waals surface area contributed by atoms with Crippen LogP contribution in [0.3, 0.4) is 0 Å². The minimum atomic E-state index is -0.392. The zero-order valence-electron chi connectivity index (χ0n) is 18.4. The fourth-order valence-electron chi connectivity index (χ4n) is 3.49. The van der Waals surface area contributed by atoms with Crippen molar-refractivity contribution in [3.8, 4) is 0 Å². The predicted octanol–water partition coefficient (Wildman–Crippen LogP) is 0.813. The third-order valence-electron chi connectivity index (χ3n) is 5.02. The standard InChI is InChI=1S/C21H28N6O3.Na/c1-3-26(23-29)21(15-19-12-8-5-9-13-19)17-27(24-30)20(16-25(2)22-28)14-18-10-6-4-7-11-18;/h4-13,20-21H,3,14-17H2,1-2H3;/q;+1/t20-,21-;/m0./s1. The minimum absolute atomic E-state index is 0. The van der Waals surface area contributed by atoms with Gasteiger partial charge in [0.1, 0.15) is 0 Å². The van der Waals surface area contributed by atoms with E-state index in [2.05, 4.69) is 15.9 Å². The van der Waals surface area contributed by atoms with E-state index in [1.54, 1.807) is 7.05 Å². The molecular weight excluding hydrogens is 407 g/mol. The van der Waals surface area contributed by atoms with Gasteiger partial charge in [-0.2, -0.15) is 0 Å². The molecule has 0 aliphatic rings. The molecule has 0 saturated carbocycles. The first kappa shape index (κ1) is 26.7. The largest absolute Gasteiger partial charge is 1.00 e. The van der Waals surface area contributed by atoms with Crippen LogP contribution < -0.4 is 29.6 Å². The molecule has 2 aromatic rings. The van der Waals surface area contributed by atoms with Crippen molar-refractivity contribution in [3.05, 3.63) is 86.5 Å². The van der Waals surface area contributed by atoms with Gasteiger partial charge < -0.3 is 0 Å². The molecular formula is C21H28N6NaO3+. The molecule has 0 radical (unpaired) electrons. The van der Waals surface area contributed by atoms with Crippen LogP contribution in [0.5, 0.6) is 0 Å². The minimum Gasteiger partial charge on any atom is -0.262 e. The Morgan fingerprint density at radius 1 is 0.710 bits per heavy atom. The molecule has 2 aromatic carbocycles. The van der Waals surface area contributed by atoms with Crippen LogP contribution in [0, 0.1) is 14.7 Å². The summed E-state index contributed by atoms with van der Waals surface area (Å²) < 4.78 is 0. The Morgan fingerprint density at radius 3 is 1.55 bits per heavy atom. The molecule has 0 bridgehead atoms. The van der Waals surface area contributed by atoms with Gasteiger partial charge in [-0.1, -0.05) is 60.7 Å². The summed E-state index contributed by atoms with van der Waals surface area (Å²) in [6.07, 6.45) is 1.04. The van der Waals surface area contributed by atoms with Crippen molar-refractivity contribution in [2.75, 3.05) is 26.7 Å². The fraction of sp³-hybridized carbons (Fsp3) is 0.429. The molecule has 0 heterocycles. The zero-order chi connectivity index (χ0) is 21.8. The van der Waals surface area contributed by atoms with Crippen LogP contribution in [0.1, 0.15) is 18.1 Å². The van der Waals surface area contributed by atoms with E-state index >= 15 is 0 Å². The summed E-state index contributed by atoms with van der Waals surface area (Å²) in [6, 6.07) is 18.6. The van der Waals surface area contributed by atoms with Crippen LogP contribution in [-0.2, 0) is 12.8 Å². The van der Waals surface area contributed by atoms with Crippen molar-refractivity contribution < 1.29 is 29.6 Å². The Balaban J connectivity index is 0.00000480. The van der Waals surface area contributed by atoms with E-state index in [0.717, 1.165) is 11.1 Å². The molecule has 0 spiro atoms. The van der Waals surface area contributed by atoms with Gasteiger partial charge in [0.05, 0.1) is 41.0 Å². The van der Waals surface area contributed by atoms with Crippen LogP contribution >= 0.6 is 0 Å². The van der Waals surface area contributed by atoms with Gasteiger partial charge in [-0.3, -0.25) is 15.0 Å². The topological polar surface area (TPSA) is 98.0 Å². The quantitative estimate of drug-likeness (QED) is 0.248. The van der Waals surface area contributed by atoms with E-state index in [4.69, 9.17) is 0 Å². The maximum absolute atomic E-state index is 11.8. The molecule has 0 saturated heterocycles. The van der Waals surface area contributed by atoms with E-state index in [9.17, 15) is 14.7 Å². The average Bonchev–Trinajstić information content (AvgIpc) is 2.78. The molecule has 2 rings (SSSR count). The molecule has 0 aromatic heterocycles. The molecule has 160 valence electrons. The van der Waals surface area contributed by atoms with Gasteiger partial charge in [-0.05, 0) is 30.9 Å². The predicted molar refractivity (Wildman–Crippen MR) is 117 cm³/mol. The smallest absolute Gasteiger partial charge is 0.262 e. The van der Waals surface area contributed by atoms with E-state index < -0.39 is 6.04 Å². The molecule has 0 unspecified atom stereocenters. The van der Waals surface area contributed by atoms with Crippen LogP contribution in [0.4, 0.5) is 0 Å². The van der Waals surface area contributed by atoms with Crippen LogP contribution in [-0.4, -0.2) is 53.8 Å². The molecule has 0 amide bonds. The first-order chi connectivity index (χ1) is 14.6. The second kappa shape index (κ2) is 14.6. The van der Waals surface area contributed by atoms with Crippen LogP contribution in [0.2, 0.25) is 0 Å². The fourth-order valence-corrected chi connectivity index (χ4v) is 3.49. The summed E-state index contributed by atoms with van der Waals surface area (Å²) in [5, 5.41) is 13.4. The van der Waals surface area contributed by atoms with Gasteiger partial charge in [0.15, 0.2) is 0 Å². The summed E-state index contributed by atoms with van der Waals surface area (Å²) in [6.45, 7) is 2.67. The average molecular weight is 435 g/mol. The Bertz CT molecular complexity index is 783. The second-order valence-corrected chi connectivity index (χ2v) is 7.15. The number of nitrogens with zero attached hydrogens (tertiary/aromatic N) is 6. The number of hydrogen-bond acceptors (Lipinski definition) is 6. The van der Waals surface area contributed by atoms with E-state index in [1.165, 1.54) is 15.0 Å². The zero-order valence-corrected chi connectivity index (χ0v) is 20.4. The molecule has 0 aliphatic carbocycles. The molecule has 10 heteroatoms. The molecule has 9 nitrogen and oxygen atoms in total. The molecule has 0 aliphatic heterocycles. The number of nitroso groups, excluding NO2 is 3.